The lowest BCUT2D eigenvalue weighted by molar-refractivity contribution is -0.137. The van der Waals surface area contributed by atoms with Gasteiger partial charge in [-0.3, -0.25) is 9.69 Å². The highest BCUT2D eigenvalue weighted by atomic mass is 19.4. The minimum absolute atomic E-state index is 0.00355. The summed E-state index contributed by atoms with van der Waals surface area (Å²) in [5, 5.41) is 2.67. The number of alkyl halides is 3. The van der Waals surface area contributed by atoms with Crippen LogP contribution < -0.4 is 5.32 Å². The van der Waals surface area contributed by atoms with Crippen LogP contribution in [0.5, 0.6) is 0 Å². The number of halogens is 3. The third-order valence-corrected chi connectivity index (χ3v) is 4.11. The molecule has 1 aromatic rings. The van der Waals surface area contributed by atoms with Gasteiger partial charge in [0.1, 0.15) is 0 Å². The van der Waals surface area contributed by atoms with Crippen LogP contribution in [-0.2, 0) is 17.5 Å². The maximum atomic E-state index is 12.6. The van der Waals surface area contributed by atoms with Crippen LogP contribution in [0.1, 0.15) is 11.1 Å². The molecule has 1 amide bonds. The van der Waals surface area contributed by atoms with Crippen LogP contribution in [0.25, 0.3) is 0 Å². The van der Waals surface area contributed by atoms with Crippen LogP contribution in [0.3, 0.4) is 0 Å². The fourth-order valence-electron chi connectivity index (χ4n) is 2.81. The van der Waals surface area contributed by atoms with Crippen molar-refractivity contribution in [2.24, 2.45) is 5.92 Å². The van der Waals surface area contributed by atoms with Crippen molar-refractivity contribution in [3.8, 4) is 0 Å². The van der Waals surface area contributed by atoms with E-state index in [0.717, 1.165) is 30.8 Å². The number of benzene rings is 1. The second-order valence-corrected chi connectivity index (χ2v) is 6.00. The summed E-state index contributed by atoms with van der Waals surface area (Å²) >= 11 is 0. The van der Waals surface area contributed by atoms with Gasteiger partial charge < -0.3 is 10.2 Å². The molecule has 23 heavy (non-hydrogen) atoms. The van der Waals surface area contributed by atoms with E-state index in [2.05, 4.69) is 15.1 Å². The molecule has 4 nitrogen and oxygen atoms in total. The van der Waals surface area contributed by atoms with Crippen molar-refractivity contribution in [3.05, 3.63) is 35.4 Å². The highest BCUT2D eigenvalue weighted by Crippen LogP contribution is 2.29. The molecule has 1 atom stereocenters. The molecule has 1 aromatic carbocycles. The number of nitrogens with zero attached hydrogens (tertiary/aromatic N) is 2. The molecule has 128 valence electrons. The highest BCUT2D eigenvalue weighted by molar-refractivity contribution is 5.78. The molecule has 0 bridgehead atoms. The Hall–Kier alpha value is -1.60. The Kier molecular flexibility index (Phi) is 5.64. The summed E-state index contributed by atoms with van der Waals surface area (Å²) in [5.41, 5.74) is 0.179. The molecule has 0 aliphatic carbocycles. The molecule has 0 aromatic heterocycles. The van der Waals surface area contributed by atoms with Crippen molar-refractivity contribution >= 4 is 5.91 Å². The van der Waals surface area contributed by atoms with Gasteiger partial charge in [-0.05, 0) is 24.7 Å². The van der Waals surface area contributed by atoms with E-state index in [-0.39, 0.29) is 11.8 Å². The van der Waals surface area contributed by atoms with E-state index < -0.39 is 11.7 Å². The lowest BCUT2D eigenvalue weighted by Gasteiger charge is -2.23. The third-order valence-electron chi connectivity index (χ3n) is 4.11. The van der Waals surface area contributed by atoms with E-state index in [1.54, 1.807) is 7.05 Å². The van der Waals surface area contributed by atoms with Gasteiger partial charge in [-0.15, -0.1) is 0 Å². The minimum atomic E-state index is -4.31. The van der Waals surface area contributed by atoms with Crippen molar-refractivity contribution in [3.63, 3.8) is 0 Å². The molecule has 1 unspecified atom stereocenters. The zero-order valence-corrected chi connectivity index (χ0v) is 13.4. The van der Waals surface area contributed by atoms with E-state index in [1.165, 1.54) is 12.1 Å². The largest absolute Gasteiger partial charge is 0.416 e. The lowest BCUT2D eigenvalue weighted by atomic mass is 10.1. The molecular weight excluding hydrogens is 307 g/mol. The quantitative estimate of drug-likeness (QED) is 0.919. The molecule has 2 rings (SSSR count). The van der Waals surface area contributed by atoms with Gasteiger partial charge in [0.2, 0.25) is 5.91 Å². The molecule has 1 heterocycles. The summed E-state index contributed by atoms with van der Waals surface area (Å²) in [6.45, 7) is 3.44. The highest BCUT2D eigenvalue weighted by Gasteiger charge is 2.30. The van der Waals surface area contributed by atoms with Gasteiger partial charge in [0, 0.05) is 39.8 Å². The fraction of sp³-hybridized carbons (Fsp3) is 0.562. The summed E-state index contributed by atoms with van der Waals surface area (Å²) in [5.74, 6) is -0.141. The minimum Gasteiger partial charge on any atom is -0.359 e. The Morgan fingerprint density at radius 3 is 2.43 bits per heavy atom. The molecular formula is C16H22F3N3O. The first-order valence-corrected chi connectivity index (χ1v) is 7.58. The topological polar surface area (TPSA) is 35.6 Å². The first-order chi connectivity index (χ1) is 10.8. The lowest BCUT2D eigenvalue weighted by Crippen LogP contribution is -2.39. The zero-order chi connectivity index (χ0) is 17.0. The summed E-state index contributed by atoms with van der Waals surface area (Å²) in [6, 6.07) is 5.23. The van der Waals surface area contributed by atoms with E-state index in [4.69, 9.17) is 0 Å². The normalized spacial score (nSPS) is 21.0. The summed E-state index contributed by atoms with van der Waals surface area (Å²) in [4.78, 5) is 16.1. The fourth-order valence-corrected chi connectivity index (χ4v) is 2.81. The predicted molar refractivity (Wildman–Crippen MR) is 81.8 cm³/mol. The van der Waals surface area contributed by atoms with E-state index in [1.807, 2.05) is 7.05 Å². The Balaban J connectivity index is 2.04. The van der Waals surface area contributed by atoms with Gasteiger partial charge in [-0.2, -0.15) is 13.2 Å². The van der Waals surface area contributed by atoms with Crippen LogP contribution >= 0.6 is 0 Å². The van der Waals surface area contributed by atoms with Crippen LogP contribution in [0.4, 0.5) is 13.2 Å². The summed E-state index contributed by atoms with van der Waals surface area (Å²) in [6.07, 6.45) is -4.31. The number of carbonyl (C=O) groups is 1. The summed E-state index contributed by atoms with van der Waals surface area (Å²) < 4.78 is 37.8. The smallest absolute Gasteiger partial charge is 0.359 e. The summed E-state index contributed by atoms with van der Waals surface area (Å²) in [7, 11) is 3.59. The molecule has 1 aliphatic heterocycles. The molecule has 1 fully saturated rings. The Bertz CT molecular complexity index is 530. The molecule has 0 saturated carbocycles. The van der Waals surface area contributed by atoms with Crippen molar-refractivity contribution < 1.29 is 18.0 Å². The molecule has 1 aliphatic rings. The zero-order valence-electron chi connectivity index (χ0n) is 13.4. The first-order valence-electron chi connectivity index (χ1n) is 7.58. The maximum absolute atomic E-state index is 12.6. The van der Waals surface area contributed by atoms with Crippen LogP contribution in [-0.4, -0.2) is 56.0 Å². The van der Waals surface area contributed by atoms with Gasteiger partial charge in [-0.1, -0.05) is 12.1 Å². The predicted octanol–water partition coefficient (Wildman–Crippen LogP) is 1.82. The molecule has 0 spiro atoms. The Morgan fingerprint density at radius 2 is 1.87 bits per heavy atom. The van der Waals surface area contributed by atoms with Gasteiger partial charge in [-0.25, -0.2) is 0 Å². The van der Waals surface area contributed by atoms with Crippen LogP contribution in [0.2, 0.25) is 0 Å². The SMILES string of the molecule is CNC(=O)C1CN(C)CCN(Cc2ccc(C(F)(F)F)cc2)C1. The second-order valence-electron chi connectivity index (χ2n) is 6.00. The average Bonchev–Trinajstić information content (AvgIpc) is 2.68. The van der Waals surface area contributed by atoms with Gasteiger partial charge in [0.25, 0.3) is 0 Å². The number of carbonyl (C=O) groups excluding carboxylic acids is 1. The average molecular weight is 329 g/mol. The number of rotatable bonds is 3. The third kappa shape index (κ3) is 4.94. The van der Waals surface area contributed by atoms with Gasteiger partial charge >= 0.3 is 6.18 Å². The van der Waals surface area contributed by atoms with Crippen molar-refractivity contribution in [1.29, 1.82) is 0 Å². The number of hydrogen-bond acceptors (Lipinski definition) is 3. The Labute approximate surface area is 134 Å². The van der Waals surface area contributed by atoms with E-state index in [9.17, 15) is 18.0 Å². The maximum Gasteiger partial charge on any atom is 0.416 e. The van der Waals surface area contributed by atoms with E-state index >= 15 is 0 Å². The molecule has 1 saturated heterocycles. The number of nitrogens with one attached hydrogen (secondary N) is 1. The Morgan fingerprint density at radius 1 is 1.22 bits per heavy atom. The van der Waals surface area contributed by atoms with Crippen molar-refractivity contribution in [2.45, 2.75) is 12.7 Å². The monoisotopic (exact) mass is 329 g/mol. The number of amides is 1. The van der Waals surface area contributed by atoms with E-state index in [0.29, 0.717) is 19.6 Å². The van der Waals surface area contributed by atoms with Crippen LogP contribution in [0, 0.1) is 5.92 Å². The number of hydrogen-bond donors (Lipinski definition) is 1. The van der Waals surface area contributed by atoms with Crippen LogP contribution in [0.15, 0.2) is 24.3 Å². The molecule has 7 heteroatoms. The van der Waals surface area contributed by atoms with Crippen molar-refractivity contribution in [2.75, 3.05) is 40.3 Å². The van der Waals surface area contributed by atoms with Gasteiger partial charge in [0.05, 0.1) is 11.5 Å². The molecule has 0 radical (unpaired) electrons. The first kappa shape index (κ1) is 17.7. The molecule has 1 N–H and O–H groups in total. The number of likely N-dealkylation sites (N-methyl/N-ethyl adjacent to an activating group) is 1. The van der Waals surface area contributed by atoms with Gasteiger partial charge in [0.15, 0.2) is 0 Å². The standard InChI is InChI=1S/C16H22F3N3O/c1-20-15(23)13-10-21(2)7-8-22(11-13)9-12-3-5-14(6-4-12)16(17,18)19/h3-6,13H,7-11H2,1-2H3,(H,20,23). The van der Waals surface area contributed by atoms with Crippen molar-refractivity contribution in [1.82, 2.24) is 15.1 Å². The second kappa shape index (κ2) is 7.31.